The fraction of sp³-hybridized carbons (Fsp3) is 0.278. The Morgan fingerprint density at radius 2 is 1.65 bits per heavy atom. The molecule has 1 fully saturated rings. The number of benzene rings is 2. The second kappa shape index (κ2) is 7.04. The van der Waals surface area contributed by atoms with E-state index >= 15 is 0 Å². The molecule has 0 aliphatic carbocycles. The monoisotopic (exact) mass is 374 g/mol. The van der Waals surface area contributed by atoms with Gasteiger partial charge in [0.1, 0.15) is 5.75 Å². The van der Waals surface area contributed by atoms with E-state index in [4.69, 9.17) is 4.74 Å². The highest BCUT2D eigenvalue weighted by Gasteiger charge is 2.24. The summed E-state index contributed by atoms with van der Waals surface area (Å²) in [6, 6.07) is 15.6. The van der Waals surface area contributed by atoms with Crippen LogP contribution in [-0.4, -0.2) is 44.1 Å². The molecule has 1 heterocycles. The molecular formula is C18H19BrN2O2. The van der Waals surface area contributed by atoms with Gasteiger partial charge in [-0.15, -0.1) is 0 Å². The Morgan fingerprint density at radius 1 is 1.00 bits per heavy atom. The molecular weight excluding hydrogens is 356 g/mol. The second-order valence-electron chi connectivity index (χ2n) is 5.43. The number of carbonyl (C=O) groups is 1. The topological polar surface area (TPSA) is 32.8 Å². The maximum absolute atomic E-state index is 12.7. The van der Waals surface area contributed by atoms with Gasteiger partial charge in [0.15, 0.2) is 0 Å². The van der Waals surface area contributed by atoms with Crippen molar-refractivity contribution in [3.8, 4) is 5.75 Å². The number of anilines is 1. The van der Waals surface area contributed by atoms with Crippen molar-refractivity contribution in [3.63, 3.8) is 0 Å². The van der Waals surface area contributed by atoms with Crippen LogP contribution in [0.15, 0.2) is 53.0 Å². The van der Waals surface area contributed by atoms with Crippen LogP contribution in [0.25, 0.3) is 0 Å². The van der Waals surface area contributed by atoms with Gasteiger partial charge in [-0.1, -0.05) is 24.3 Å². The first-order chi connectivity index (χ1) is 11.2. The SMILES string of the molecule is COc1ccccc1C(=O)N1CCN(c2ccccc2Br)CC1. The zero-order valence-electron chi connectivity index (χ0n) is 13.0. The van der Waals surface area contributed by atoms with E-state index in [1.54, 1.807) is 7.11 Å². The van der Waals surface area contributed by atoms with Crippen molar-refractivity contribution >= 4 is 27.5 Å². The van der Waals surface area contributed by atoms with Gasteiger partial charge in [0.2, 0.25) is 0 Å². The second-order valence-corrected chi connectivity index (χ2v) is 6.29. The molecule has 3 rings (SSSR count). The van der Waals surface area contributed by atoms with Gasteiger partial charge in [0, 0.05) is 30.7 Å². The van der Waals surface area contributed by atoms with Crippen molar-refractivity contribution in [2.45, 2.75) is 0 Å². The third-order valence-corrected chi connectivity index (χ3v) is 4.77. The lowest BCUT2D eigenvalue weighted by Crippen LogP contribution is -2.49. The molecule has 2 aromatic rings. The average Bonchev–Trinajstić information content (AvgIpc) is 2.61. The molecule has 1 saturated heterocycles. The lowest BCUT2D eigenvalue weighted by molar-refractivity contribution is 0.0743. The predicted octanol–water partition coefficient (Wildman–Crippen LogP) is 3.42. The van der Waals surface area contributed by atoms with Gasteiger partial charge in [0.25, 0.3) is 5.91 Å². The minimum atomic E-state index is 0.0363. The molecule has 0 aromatic heterocycles. The Hall–Kier alpha value is -2.01. The Bertz CT molecular complexity index is 697. The number of methoxy groups -OCH3 is 1. The number of hydrogen-bond donors (Lipinski definition) is 0. The van der Waals surface area contributed by atoms with E-state index in [1.165, 1.54) is 5.69 Å². The number of piperazine rings is 1. The average molecular weight is 375 g/mol. The molecule has 4 nitrogen and oxygen atoms in total. The summed E-state index contributed by atoms with van der Waals surface area (Å²) in [4.78, 5) is 16.9. The van der Waals surface area contributed by atoms with E-state index in [0.717, 1.165) is 17.6 Å². The number of halogens is 1. The smallest absolute Gasteiger partial charge is 0.257 e. The maximum Gasteiger partial charge on any atom is 0.257 e. The summed E-state index contributed by atoms with van der Waals surface area (Å²) in [6.07, 6.45) is 0. The van der Waals surface area contributed by atoms with Crippen molar-refractivity contribution < 1.29 is 9.53 Å². The van der Waals surface area contributed by atoms with Crippen molar-refractivity contribution in [2.75, 3.05) is 38.2 Å². The van der Waals surface area contributed by atoms with Gasteiger partial charge in [-0.3, -0.25) is 4.79 Å². The summed E-state index contributed by atoms with van der Waals surface area (Å²) in [7, 11) is 1.59. The number of amides is 1. The van der Waals surface area contributed by atoms with Gasteiger partial charge in [-0.05, 0) is 40.2 Å². The Kier molecular flexibility index (Phi) is 4.86. The molecule has 5 heteroatoms. The van der Waals surface area contributed by atoms with Crippen LogP contribution < -0.4 is 9.64 Å². The molecule has 1 aliphatic rings. The van der Waals surface area contributed by atoms with E-state index in [9.17, 15) is 4.79 Å². The van der Waals surface area contributed by atoms with Gasteiger partial charge >= 0.3 is 0 Å². The van der Waals surface area contributed by atoms with Crippen molar-refractivity contribution in [1.82, 2.24) is 4.90 Å². The number of para-hydroxylation sites is 2. The third kappa shape index (κ3) is 3.34. The zero-order chi connectivity index (χ0) is 16.2. The molecule has 2 aromatic carbocycles. The Balaban J connectivity index is 1.69. The largest absolute Gasteiger partial charge is 0.496 e. The molecule has 0 bridgehead atoms. The summed E-state index contributed by atoms with van der Waals surface area (Å²) in [5.74, 6) is 0.667. The third-order valence-electron chi connectivity index (χ3n) is 4.10. The molecule has 1 amide bonds. The van der Waals surface area contributed by atoms with E-state index in [2.05, 4.69) is 26.9 Å². The van der Waals surface area contributed by atoms with E-state index in [0.29, 0.717) is 24.4 Å². The van der Waals surface area contributed by atoms with E-state index in [-0.39, 0.29) is 5.91 Å². The first-order valence-electron chi connectivity index (χ1n) is 7.62. The normalized spacial score (nSPS) is 14.7. The number of ether oxygens (including phenoxy) is 1. The van der Waals surface area contributed by atoms with Gasteiger partial charge < -0.3 is 14.5 Å². The van der Waals surface area contributed by atoms with Crippen LogP contribution in [0.1, 0.15) is 10.4 Å². The molecule has 1 aliphatic heterocycles. The molecule has 0 atom stereocenters. The van der Waals surface area contributed by atoms with Crippen LogP contribution in [0.3, 0.4) is 0 Å². The predicted molar refractivity (Wildman–Crippen MR) is 95.3 cm³/mol. The Labute approximate surface area is 144 Å². The fourth-order valence-electron chi connectivity index (χ4n) is 2.85. The summed E-state index contributed by atoms with van der Waals surface area (Å²) in [5.41, 5.74) is 1.81. The molecule has 23 heavy (non-hydrogen) atoms. The van der Waals surface area contributed by atoms with E-state index in [1.807, 2.05) is 47.4 Å². The van der Waals surface area contributed by atoms with Gasteiger partial charge in [0.05, 0.1) is 18.4 Å². The fourth-order valence-corrected chi connectivity index (χ4v) is 3.39. The van der Waals surface area contributed by atoms with Gasteiger partial charge in [-0.25, -0.2) is 0 Å². The molecule has 120 valence electrons. The first kappa shape index (κ1) is 15.9. The van der Waals surface area contributed by atoms with Crippen LogP contribution >= 0.6 is 15.9 Å². The first-order valence-corrected chi connectivity index (χ1v) is 8.42. The maximum atomic E-state index is 12.7. The number of carbonyl (C=O) groups excluding carboxylic acids is 1. The van der Waals surface area contributed by atoms with Crippen molar-refractivity contribution in [2.24, 2.45) is 0 Å². The molecule has 0 N–H and O–H groups in total. The summed E-state index contributed by atoms with van der Waals surface area (Å²) < 4.78 is 6.39. The lowest BCUT2D eigenvalue weighted by atomic mass is 10.1. The van der Waals surface area contributed by atoms with Gasteiger partial charge in [-0.2, -0.15) is 0 Å². The van der Waals surface area contributed by atoms with Crippen LogP contribution in [0.4, 0.5) is 5.69 Å². The summed E-state index contributed by atoms with van der Waals surface area (Å²) in [6.45, 7) is 3.06. The highest BCUT2D eigenvalue weighted by Crippen LogP contribution is 2.27. The molecule has 0 saturated carbocycles. The summed E-state index contributed by atoms with van der Waals surface area (Å²) in [5, 5.41) is 0. The minimum Gasteiger partial charge on any atom is -0.496 e. The van der Waals surface area contributed by atoms with E-state index < -0.39 is 0 Å². The molecule has 0 unspecified atom stereocenters. The van der Waals surface area contributed by atoms with Crippen LogP contribution in [0.5, 0.6) is 5.75 Å². The quantitative estimate of drug-likeness (QED) is 0.824. The highest BCUT2D eigenvalue weighted by molar-refractivity contribution is 9.10. The molecule has 0 radical (unpaired) electrons. The van der Waals surface area contributed by atoms with Crippen LogP contribution in [-0.2, 0) is 0 Å². The van der Waals surface area contributed by atoms with Crippen molar-refractivity contribution in [3.05, 3.63) is 58.6 Å². The summed E-state index contributed by atoms with van der Waals surface area (Å²) >= 11 is 3.59. The number of hydrogen-bond acceptors (Lipinski definition) is 3. The van der Waals surface area contributed by atoms with Crippen LogP contribution in [0, 0.1) is 0 Å². The number of nitrogens with zero attached hydrogens (tertiary/aromatic N) is 2. The standard InChI is InChI=1S/C18H19BrN2O2/c1-23-17-9-5-2-6-14(17)18(22)21-12-10-20(11-13-21)16-8-4-3-7-15(16)19/h2-9H,10-13H2,1H3. The Morgan fingerprint density at radius 3 is 2.35 bits per heavy atom. The minimum absolute atomic E-state index is 0.0363. The van der Waals surface area contributed by atoms with Crippen molar-refractivity contribution in [1.29, 1.82) is 0 Å². The highest BCUT2D eigenvalue weighted by atomic mass is 79.9. The number of rotatable bonds is 3. The lowest BCUT2D eigenvalue weighted by Gasteiger charge is -2.36. The zero-order valence-corrected chi connectivity index (χ0v) is 14.6. The van der Waals surface area contributed by atoms with Crippen LogP contribution in [0.2, 0.25) is 0 Å². The molecule has 0 spiro atoms.